The SMILES string of the molecule is CC(C)C(=O)NCCc1ccc(S)cc1. The molecule has 15 heavy (non-hydrogen) atoms. The maximum atomic E-state index is 11.3. The molecule has 0 aromatic heterocycles. The van der Waals surface area contributed by atoms with Crippen LogP contribution >= 0.6 is 12.6 Å². The molecule has 0 saturated carbocycles. The molecule has 0 unspecified atom stereocenters. The second-order valence-corrected chi connectivity index (χ2v) is 4.38. The van der Waals surface area contributed by atoms with Gasteiger partial charge in [-0.3, -0.25) is 4.79 Å². The quantitative estimate of drug-likeness (QED) is 0.753. The second kappa shape index (κ2) is 5.81. The van der Waals surface area contributed by atoms with Gasteiger partial charge in [0.05, 0.1) is 0 Å². The van der Waals surface area contributed by atoms with Gasteiger partial charge >= 0.3 is 0 Å². The van der Waals surface area contributed by atoms with Crippen molar-refractivity contribution in [1.82, 2.24) is 5.32 Å². The number of rotatable bonds is 4. The molecule has 1 N–H and O–H groups in total. The van der Waals surface area contributed by atoms with Crippen molar-refractivity contribution in [1.29, 1.82) is 0 Å². The monoisotopic (exact) mass is 223 g/mol. The Hall–Kier alpha value is -0.960. The summed E-state index contributed by atoms with van der Waals surface area (Å²) in [6, 6.07) is 7.99. The molecule has 0 aliphatic rings. The second-order valence-electron chi connectivity index (χ2n) is 3.86. The number of nitrogens with one attached hydrogen (secondary N) is 1. The number of carbonyl (C=O) groups is 1. The topological polar surface area (TPSA) is 29.1 Å². The van der Waals surface area contributed by atoms with E-state index in [-0.39, 0.29) is 11.8 Å². The van der Waals surface area contributed by atoms with Crippen molar-refractivity contribution in [3.8, 4) is 0 Å². The Bertz CT molecular complexity index is 319. The van der Waals surface area contributed by atoms with E-state index in [4.69, 9.17) is 0 Å². The molecule has 1 aromatic rings. The normalized spacial score (nSPS) is 10.4. The first kappa shape index (κ1) is 12.1. The van der Waals surface area contributed by atoms with Gasteiger partial charge in [0.15, 0.2) is 0 Å². The van der Waals surface area contributed by atoms with E-state index in [1.165, 1.54) is 5.56 Å². The van der Waals surface area contributed by atoms with Gasteiger partial charge in [0.1, 0.15) is 0 Å². The summed E-state index contributed by atoms with van der Waals surface area (Å²) < 4.78 is 0. The zero-order valence-corrected chi connectivity index (χ0v) is 10.1. The maximum Gasteiger partial charge on any atom is 0.222 e. The van der Waals surface area contributed by atoms with E-state index in [1.54, 1.807) is 0 Å². The number of carbonyl (C=O) groups excluding carboxylic acids is 1. The van der Waals surface area contributed by atoms with Gasteiger partial charge in [-0.2, -0.15) is 0 Å². The fourth-order valence-electron chi connectivity index (χ4n) is 1.20. The highest BCUT2D eigenvalue weighted by Gasteiger charge is 2.04. The van der Waals surface area contributed by atoms with E-state index in [2.05, 4.69) is 17.9 Å². The minimum Gasteiger partial charge on any atom is -0.356 e. The van der Waals surface area contributed by atoms with Crippen LogP contribution in [0.1, 0.15) is 19.4 Å². The van der Waals surface area contributed by atoms with Crippen LogP contribution in [0.2, 0.25) is 0 Å². The van der Waals surface area contributed by atoms with Crippen LogP contribution in [0.15, 0.2) is 29.2 Å². The molecule has 0 atom stereocenters. The summed E-state index contributed by atoms with van der Waals surface area (Å²) in [6.45, 7) is 4.49. The molecule has 0 fully saturated rings. The third kappa shape index (κ3) is 4.38. The third-order valence-corrected chi connectivity index (χ3v) is 2.47. The molecule has 3 heteroatoms. The van der Waals surface area contributed by atoms with E-state index >= 15 is 0 Å². The van der Waals surface area contributed by atoms with Crippen LogP contribution in [-0.4, -0.2) is 12.5 Å². The smallest absolute Gasteiger partial charge is 0.222 e. The van der Waals surface area contributed by atoms with E-state index in [0.29, 0.717) is 6.54 Å². The first-order chi connectivity index (χ1) is 7.09. The van der Waals surface area contributed by atoms with Crippen LogP contribution in [0.25, 0.3) is 0 Å². The van der Waals surface area contributed by atoms with Crippen molar-refractivity contribution in [2.24, 2.45) is 5.92 Å². The summed E-state index contributed by atoms with van der Waals surface area (Å²) in [6.07, 6.45) is 0.868. The summed E-state index contributed by atoms with van der Waals surface area (Å²) in [5.74, 6) is 0.172. The molecule has 1 rings (SSSR count). The minimum absolute atomic E-state index is 0.0600. The first-order valence-corrected chi connectivity index (χ1v) is 5.60. The molecule has 0 heterocycles. The van der Waals surface area contributed by atoms with E-state index < -0.39 is 0 Å². The lowest BCUT2D eigenvalue weighted by molar-refractivity contribution is -0.123. The van der Waals surface area contributed by atoms with E-state index in [1.807, 2.05) is 38.1 Å². The lowest BCUT2D eigenvalue weighted by Crippen LogP contribution is -2.29. The number of thiol groups is 1. The zero-order chi connectivity index (χ0) is 11.3. The fraction of sp³-hybridized carbons (Fsp3) is 0.417. The van der Waals surface area contributed by atoms with Crippen LogP contribution in [0, 0.1) is 5.92 Å². The van der Waals surface area contributed by atoms with Gasteiger partial charge < -0.3 is 5.32 Å². The van der Waals surface area contributed by atoms with Crippen LogP contribution < -0.4 is 5.32 Å². The molecule has 82 valence electrons. The lowest BCUT2D eigenvalue weighted by Gasteiger charge is -2.07. The molecule has 0 spiro atoms. The van der Waals surface area contributed by atoms with E-state index in [9.17, 15) is 4.79 Å². The van der Waals surface area contributed by atoms with Crippen LogP contribution in [-0.2, 0) is 11.2 Å². The standard InChI is InChI=1S/C12H17NOS/c1-9(2)12(14)13-8-7-10-3-5-11(15)6-4-10/h3-6,9,15H,7-8H2,1-2H3,(H,13,14). The third-order valence-electron chi connectivity index (χ3n) is 2.17. The summed E-state index contributed by atoms with van der Waals surface area (Å²) in [4.78, 5) is 12.2. The van der Waals surface area contributed by atoms with Crippen LogP contribution in [0.3, 0.4) is 0 Å². The molecule has 0 saturated heterocycles. The van der Waals surface area contributed by atoms with Gasteiger partial charge in [-0.15, -0.1) is 12.6 Å². The summed E-state index contributed by atoms with van der Waals surface area (Å²) in [5.41, 5.74) is 1.22. The van der Waals surface area contributed by atoms with Crippen LogP contribution in [0.5, 0.6) is 0 Å². The predicted molar refractivity (Wildman–Crippen MR) is 65.2 cm³/mol. The van der Waals surface area contributed by atoms with Crippen molar-refractivity contribution in [3.05, 3.63) is 29.8 Å². The highest BCUT2D eigenvalue weighted by atomic mass is 32.1. The van der Waals surface area contributed by atoms with Gasteiger partial charge in [0, 0.05) is 17.4 Å². The van der Waals surface area contributed by atoms with Gasteiger partial charge in [0.2, 0.25) is 5.91 Å². The lowest BCUT2D eigenvalue weighted by atomic mass is 10.1. The predicted octanol–water partition coefficient (Wildman–Crippen LogP) is 2.29. The number of hydrogen-bond acceptors (Lipinski definition) is 2. The van der Waals surface area contributed by atoms with Gasteiger partial charge in [-0.05, 0) is 24.1 Å². The van der Waals surface area contributed by atoms with Gasteiger partial charge in [-0.1, -0.05) is 26.0 Å². The van der Waals surface area contributed by atoms with Gasteiger partial charge in [0.25, 0.3) is 0 Å². The van der Waals surface area contributed by atoms with Crippen molar-refractivity contribution < 1.29 is 4.79 Å². The van der Waals surface area contributed by atoms with Crippen molar-refractivity contribution in [2.75, 3.05) is 6.54 Å². The van der Waals surface area contributed by atoms with Crippen molar-refractivity contribution >= 4 is 18.5 Å². The molecule has 2 nitrogen and oxygen atoms in total. The number of amides is 1. The Morgan fingerprint density at radius 1 is 1.33 bits per heavy atom. The Balaban J connectivity index is 2.32. The largest absolute Gasteiger partial charge is 0.356 e. The average molecular weight is 223 g/mol. The van der Waals surface area contributed by atoms with Gasteiger partial charge in [-0.25, -0.2) is 0 Å². The molecule has 1 amide bonds. The summed E-state index contributed by atoms with van der Waals surface area (Å²) in [7, 11) is 0. The molecule has 0 radical (unpaired) electrons. The Morgan fingerprint density at radius 3 is 2.47 bits per heavy atom. The summed E-state index contributed by atoms with van der Waals surface area (Å²) in [5, 5.41) is 2.89. The number of hydrogen-bond donors (Lipinski definition) is 2. The molecule has 0 bridgehead atoms. The molecular weight excluding hydrogens is 206 g/mol. The highest BCUT2D eigenvalue weighted by Crippen LogP contribution is 2.07. The molecule has 1 aromatic carbocycles. The minimum atomic E-state index is 0.0600. The fourth-order valence-corrected chi connectivity index (χ4v) is 1.35. The van der Waals surface area contributed by atoms with E-state index in [0.717, 1.165) is 11.3 Å². The molecule has 0 aliphatic carbocycles. The maximum absolute atomic E-state index is 11.3. The average Bonchev–Trinajstić information content (AvgIpc) is 2.20. The first-order valence-electron chi connectivity index (χ1n) is 5.15. The molecular formula is C12H17NOS. The molecule has 0 aliphatic heterocycles. The van der Waals surface area contributed by atoms with Crippen molar-refractivity contribution in [2.45, 2.75) is 25.2 Å². The van der Waals surface area contributed by atoms with Crippen LogP contribution in [0.4, 0.5) is 0 Å². The zero-order valence-electron chi connectivity index (χ0n) is 9.16. The highest BCUT2D eigenvalue weighted by molar-refractivity contribution is 7.80. The Morgan fingerprint density at radius 2 is 1.93 bits per heavy atom. The Kier molecular flexibility index (Phi) is 4.69. The summed E-state index contributed by atoms with van der Waals surface area (Å²) >= 11 is 4.21. The Labute approximate surface area is 96.5 Å². The number of benzene rings is 1. The van der Waals surface area contributed by atoms with Crippen molar-refractivity contribution in [3.63, 3.8) is 0 Å².